The van der Waals surface area contributed by atoms with Gasteiger partial charge in [-0.15, -0.1) is 0 Å². The number of nitro groups is 1. The molecule has 0 saturated carbocycles. The van der Waals surface area contributed by atoms with Crippen molar-refractivity contribution < 1.29 is 9.66 Å². The number of nitrogen functional groups attached to an aromatic ring is 1. The zero-order valence-electron chi connectivity index (χ0n) is 12.9. The van der Waals surface area contributed by atoms with Gasteiger partial charge in [0, 0.05) is 28.4 Å². The molecule has 0 bridgehead atoms. The molecular weight excluding hydrogens is 378 g/mol. The molecule has 2 aromatic rings. The molecule has 2 heterocycles. The Hall–Kier alpha value is -2.61. The van der Waals surface area contributed by atoms with Gasteiger partial charge < -0.3 is 10.5 Å². The zero-order valence-corrected chi connectivity index (χ0v) is 14.5. The summed E-state index contributed by atoms with van der Waals surface area (Å²) in [5.41, 5.74) is 5.61. The van der Waals surface area contributed by atoms with Gasteiger partial charge in [0.15, 0.2) is 0 Å². The quantitative estimate of drug-likeness (QED) is 0.625. The number of pyridine rings is 1. The van der Waals surface area contributed by atoms with Crippen LogP contribution in [-0.4, -0.2) is 15.1 Å². The standard InChI is InChI=1S/C16H14BrN3O4/c1-16(2)7-13(19-8-9(17)5-12(18)15(19)21)11-6-10(20(22)23)3-4-14(11)24-16/h3-8H,18H2,1-2H3. The molecule has 1 aromatic carbocycles. The van der Waals surface area contributed by atoms with E-state index in [-0.39, 0.29) is 11.4 Å². The first-order valence-corrected chi connectivity index (χ1v) is 7.86. The third-order valence-corrected chi connectivity index (χ3v) is 4.01. The largest absolute Gasteiger partial charge is 0.483 e. The summed E-state index contributed by atoms with van der Waals surface area (Å²) in [5.74, 6) is 0.466. The predicted octanol–water partition coefficient (Wildman–Crippen LogP) is 3.16. The van der Waals surface area contributed by atoms with Crippen LogP contribution in [-0.2, 0) is 0 Å². The fraction of sp³-hybridized carbons (Fsp3) is 0.188. The highest BCUT2D eigenvalue weighted by atomic mass is 79.9. The van der Waals surface area contributed by atoms with Crippen LogP contribution >= 0.6 is 15.9 Å². The number of ether oxygens (including phenoxy) is 1. The van der Waals surface area contributed by atoms with Gasteiger partial charge in [0.05, 0.1) is 16.3 Å². The predicted molar refractivity (Wildman–Crippen MR) is 94.0 cm³/mol. The summed E-state index contributed by atoms with van der Waals surface area (Å²) in [5, 5.41) is 11.1. The second-order valence-corrected chi connectivity index (χ2v) is 6.88. The van der Waals surface area contributed by atoms with E-state index in [1.54, 1.807) is 12.3 Å². The van der Waals surface area contributed by atoms with Crippen molar-refractivity contribution in [2.24, 2.45) is 0 Å². The summed E-state index contributed by atoms with van der Waals surface area (Å²) in [7, 11) is 0. The summed E-state index contributed by atoms with van der Waals surface area (Å²) in [6.45, 7) is 3.67. The van der Waals surface area contributed by atoms with Crippen molar-refractivity contribution in [3.63, 3.8) is 0 Å². The number of fused-ring (bicyclic) bond motifs is 1. The molecule has 0 spiro atoms. The Labute approximate surface area is 145 Å². The molecule has 0 aliphatic carbocycles. The van der Waals surface area contributed by atoms with Crippen LogP contribution in [0.3, 0.4) is 0 Å². The number of rotatable bonds is 2. The van der Waals surface area contributed by atoms with Crippen LogP contribution in [0.1, 0.15) is 19.4 Å². The number of anilines is 1. The molecule has 3 rings (SSSR count). The number of halogens is 1. The van der Waals surface area contributed by atoms with Crippen molar-refractivity contribution in [3.8, 4) is 5.75 Å². The maximum atomic E-state index is 12.5. The lowest BCUT2D eigenvalue weighted by molar-refractivity contribution is -0.384. The maximum Gasteiger partial charge on any atom is 0.278 e. The molecular formula is C16H14BrN3O4. The van der Waals surface area contributed by atoms with Crippen LogP contribution in [0.15, 0.2) is 45.8 Å². The Kier molecular flexibility index (Phi) is 3.71. The lowest BCUT2D eigenvalue weighted by atomic mass is 9.98. The summed E-state index contributed by atoms with van der Waals surface area (Å²) in [6, 6.07) is 5.81. The molecule has 2 N–H and O–H groups in total. The lowest BCUT2D eigenvalue weighted by Gasteiger charge is -2.31. The van der Waals surface area contributed by atoms with Crippen molar-refractivity contribution in [1.82, 2.24) is 4.57 Å². The van der Waals surface area contributed by atoms with Gasteiger partial charge in [-0.2, -0.15) is 0 Å². The monoisotopic (exact) mass is 391 g/mol. The molecule has 0 fully saturated rings. The van der Waals surface area contributed by atoms with E-state index in [2.05, 4.69) is 15.9 Å². The van der Waals surface area contributed by atoms with E-state index in [1.807, 2.05) is 13.8 Å². The number of nitro benzene ring substituents is 1. The summed E-state index contributed by atoms with van der Waals surface area (Å²) >= 11 is 3.31. The van der Waals surface area contributed by atoms with Crippen molar-refractivity contribution >= 4 is 33.0 Å². The number of nitrogens with zero attached hydrogens (tertiary/aromatic N) is 2. The average molecular weight is 392 g/mol. The number of nitrogens with two attached hydrogens (primary N) is 1. The zero-order chi connectivity index (χ0) is 17.6. The van der Waals surface area contributed by atoms with Crippen LogP contribution < -0.4 is 16.0 Å². The van der Waals surface area contributed by atoms with Gasteiger partial charge in [0.25, 0.3) is 11.2 Å². The molecule has 0 radical (unpaired) electrons. The SMILES string of the molecule is CC1(C)C=C(n2cc(Br)cc(N)c2=O)c2cc([N+](=O)[O-])ccc2O1. The summed E-state index contributed by atoms with van der Waals surface area (Å²) < 4.78 is 7.84. The van der Waals surface area contributed by atoms with Crippen molar-refractivity contribution in [1.29, 1.82) is 0 Å². The van der Waals surface area contributed by atoms with E-state index in [0.29, 0.717) is 21.5 Å². The second-order valence-electron chi connectivity index (χ2n) is 5.96. The molecule has 0 saturated heterocycles. The summed E-state index contributed by atoms with van der Waals surface area (Å²) in [4.78, 5) is 23.1. The van der Waals surface area contributed by atoms with Gasteiger partial charge in [0.2, 0.25) is 0 Å². The molecule has 0 unspecified atom stereocenters. The van der Waals surface area contributed by atoms with Gasteiger partial charge in [-0.25, -0.2) is 0 Å². The highest BCUT2D eigenvalue weighted by Crippen LogP contribution is 2.38. The van der Waals surface area contributed by atoms with E-state index in [1.165, 1.54) is 28.8 Å². The topological polar surface area (TPSA) is 100 Å². The fourth-order valence-corrected chi connectivity index (χ4v) is 3.04. The third-order valence-electron chi connectivity index (χ3n) is 3.58. The molecule has 0 amide bonds. The van der Waals surface area contributed by atoms with Crippen LogP contribution in [0.2, 0.25) is 0 Å². The molecule has 1 aliphatic rings. The molecule has 1 aromatic heterocycles. The minimum atomic E-state index is -0.686. The minimum Gasteiger partial charge on any atom is -0.483 e. The van der Waals surface area contributed by atoms with E-state index >= 15 is 0 Å². The first-order chi connectivity index (χ1) is 11.2. The van der Waals surface area contributed by atoms with E-state index in [4.69, 9.17) is 10.5 Å². The molecule has 0 atom stereocenters. The highest BCUT2D eigenvalue weighted by molar-refractivity contribution is 9.10. The highest BCUT2D eigenvalue weighted by Gasteiger charge is 2.29. The van der Waals surface area contributed by atoms with Gasteiger partial charge >= 0.3 is 0 Å². The third kappa shape index (κ3) is 2.80. The Bertz CT molecular complexity index is 947. The van der Waals surface area contributed by atoms with Crippen LogP contribution in [0, 0.1) is 10.1 Å². The van der Waals surface area contributed by atoms with Gasteiger partial charge in [0.1, 0.15) is 11.4 Å². The van der Waals surface area contributed by atoms with Gasteiger partial charge in [-0.3, -0.25) is 19.5 Å². The van der Waals surface area contributed by atoms with Crippen molar-refractivity contribution in [2.45, 2.75) is 19.4 Å². The normalized spacial score (nSPS) is 15.2. The second kappa shape index (κ2) is 5.48. The molecule has 24 heavy (non-hydrogen) atoms. The fourth-order valence-electron chi connectivity index (χ4n) is 2.59. The Morgan fingerprint density at radius 2 is 2.04 bits per heavy atom. The first kappa shape index (κ1) is 16.3. The molecule has 1 aliphatic heterocycles. The Balaban J connectivity index is 2.31. The van der Waals surface area contributed by atoms with Crippen LogP contribution in [0.4, 0.5) is 11.4 Å². The van der Waals surface area contributed by atoms with Crippen LogP contribution in [0.5, 0.6) is 5.75 Å². The minimum absolute atomic E-state index is 0.0709. The van der Waals surface area contributed by atoms with Gasteiger partial charge in [-0.1, -0.05) is 0 Å². The lowest BCUT2D eigenvalue weighted by Crippen LogP contribution is -2.32. The van der Waals surface area contributed by atoms with Crippen molar-refractivity contribution in [2.75, 3.05) is 5.73 Å². The average Bonchev–Trinajstić information content (AvgIpc) is 2.48. The number of non-ortho nitro benzene ring substituents is 1. The molecule has 7 nitrogen and oxygen atoms in total. The smallest absolute Gasteiger partial charge is 0.278 e. The number of hydrogen-bond acceptors (Lipinski definition) is 5. The summed E-state index contributed by atoms with van der Waals surface area (Å²) in [6.07, 6.45) is 3.32. The van der Waals surface area contributed by atoms with Gasteiger partial charge in [-0.05, 0) is 48.0 Å². The van der Waals surface area contributed by atoms with E-state index < -0.39 is 16.1 Å². The number of hydrogen-bond donors (Lipinski definition) is 1. The van der Waals surface area contributed by atoms with E-state index in [0.717, 1.165) is 0 Å². The number of benzene rings is 1. The van der Waals surface area contributed by atoms with Crippen LogP contribution in [0.25, 0.3) is 5.70 Å². The molecule has 8 heteroatoms. The first-order valence-electron chi connectivity index (χ1n) is 7.07. The van der Waals surface area contributed by atoms with Crippen molar-refractivity contribution in [3.05, 3.63) is 67.0 Å². The Morgan fingerprint density at radius 3 is 2.71 bits per heavy atom. The maximum absolute atomic E-state index is 12.5. The Morgan fingerprint density at radius 1 is 1.33 bits per heavy atom. The number of aromatic nitrogens is 1. The van der Waals surface area contributed by atoms with E-state index in [9.17, 15) is 14.9 Å². The molecule has 124 valence electrons.